The molecule has 1 fully saturated rings. The van der Waals surface area contributed by atoms with Gasteiger partial charge in [0.05, 0.1) is 10.9 Å². The lowest BCUT2D eigenvalue weighted by molar-refractivity contribution is 0.185. The molecule has 0 bridgehead atoms. The number of piperazine rings is 1. The van der Waals surface area contributed by atoms with E-state index in [0.29, 0.717) is 12.1 Å². The summed E-state index contributed by atoms with van der Waals surface area (Å²) >= 11 is 1.96. The van der Waals surface area contributed by atoms with Gasteiger partial charge in [0.2, 0.25) is 0 Å². The number of fused-ring (bicyclic) bond motifs is 3. The Kier molecular flexibility index (Phi) is 3.01. The van der Waals surface area contributed by atoms with Gasteiger partial charge in [0.1, 0.15) is 5.82 Å². The molecule has 0 spiro atoms. The van der Waals surface area contributed by atoms with Crippen molar-refractivity contribution in [1.29, 1.82) is 0 Å². The number of hydrogen-bond acceptors (Lipinski definition) is 4. The van der Waals surface area contributed by atoms with E-state index in [1.54, 1.807) is 0 Å². The zero-order valence-corrected chi connectivity index (χ0v) is 11.3. The average Bonchev–Trinajstić information content (AvgIpc) is 2.38. The Hall–Kier alpha value is -0.740. The molecule has 1 atom stereocenters. The van der Waals surface area contributed by atoms with Gasteiger partial charge in [-0.25, -0.2) is 4.98 Å². The van der Waals surface area contributed by atoms with Crippen LogP contribution in [0.3, 0.4) is 0 Å². The van der Waals surface area contributed by atoms with Gasteiger partial charge in [0.25, 0.3) is 0 Å². The molecule has 1 aromatic heterocycles. The van der Waals surface area contributed by atoms with E-state index >= 15 is 0 Å². The smallest absolute Gasteiger partial charge is 0.142 e. The van der Waals surface area contributed by atoms with Gasteiger partial charge < -0.3 is 4.90 Å². The van der Waals surface area contributed by atoms with E-state index in [1.165, 1.54) is 23.0 Å². The first-order valence-electron chi connectivity index (χ1n) is 6.34. The van der Waals surface area contributed by atoms with Crippen molar-refractivity contribution in [2.24, 2.45) is 0 Å². The van der Waals surface area contributed by atoms with Gasteiger partial charge >= 0.3 is 0 Å². The lowest BCUT2D eigenvalue weighted by atomic mass is 10.1. The minimum absolute atomic E-state index is 0.638. The van der Waals surface area contributed by atoms with E-state index in [9.17, 15) is 0 Å². The molecule has 92 valence electrons. The van der Waals surface area contributed by atoms with Crippen molar-refractivity contribution < 1.29 is 0 Å². The second-order valence-corrected chi connectivity index (χ2v) is 6.13. The maximum absolute atomic E-state index is 4.56. The zero-order chi connectivity index (χ0) is 11.8. The molecule has 0 aliphatic carbocycles. The van der Waals surface area contributed by atoms with Crippen molar-refractivity contribution in [2.45, 2.75) is 30.8 Å². The molecular weight excluding hydrogens is 230 g/mol. The van der Waals surface area contributed by atoms with E-state index < -0.39 is 0 Å². The van der Waals surface area contributed by atoms with E-state index in [4.69, 9.17) is 0 Å². The van der Waals surface area contributed by atoms with Crippen LogP contribution in [0.15, 0.2) is 23.2 Å². The summed E-state index contributed by atoms with van der Waals surface area (Å²) in [6, 6.07) is 5.53. The monoisotopic (exact) mass is 249 g/mol. The third-order valence-electron chi connectivity index (χ3n) is 3.70. The molecule has 3 rings (SSSR count). The molecule has 2 aliphatic rings. The van der Waals surface area contributed by atoms with Crippen molar-refractivity contribution in [1.82, 2.24) is 9.88 Å². The van der Waals surface area contributed by atoms with Gasteiger partial charge in [0.15, 0.2) is 0 Å². The van der Waals surface area contributed by atoms with Crippen LogP contribution in [0.2, 0.25) is 0 Å². The second-order valence-electron chi connectivity index (χ2n) is 5.07. The van der Waals surface area contributed by atoms with E-state index in [2.05, 4.69) is 34.7 Å². The van der Waals surface area contributed by atoms with E-state index in [0.717, 1.165) is 13.1 Å². The molecule has 0 saturated carbocycles. The lowest BCUT2D eigenvalue weighted by Gasteiger charge is -2.46. The molecular formula is C13H19N3S. The minimum atomic E-state index is 0.638. The van der Waals surface area contributed by atoms with Gasteiger partial charge in [-0.3, -0.25) is 4.90 Å². The van der Waals surface area contributed by atoms with Crippen LogP contribution in [0, 0.1) is 0 Å². The number of anilines is 1. The van der Waals surface area contributed by atoms with Gasteiger partial charge in [-0.1, -0.05) is 0 Å². The molecule has 0 aromatic carbocycles. The Labute approximate surface area is 107 Å². The standard InChI is InChI=1S/C13H19N3S/c1-10(2)15-6-7-16-11(8-15)9-17-12-4-3-5-14-13(12)16/h3-5,10-11H,6-9H2,1-2H3/t11-/m1/s1. The molecule has 0 unspecified atom stereocenters. The van der Waals surface area contributed by atoms with Crippen LogP contribution in [-0.4, -0.2) is 47.4 Å². The first-order chi connectivity index (χ1) is 8.25. The van der Waals surface area contributed by atoms with Gasteiger partial charge in [0, 0.05) is 37.6 Å². The number of hydrogen-bond donors (Lipinski definition) is 0. The van der Waals surface area contributed by atoms with Crippen LogP contribution < -0.4 is 4.90 Å². The minimum Gasteiger partial charge on any atom is -0.349 e. The predicted molar refractivity (Wildman–Crippen MR) is 72.8 cm³/mol. The summed E-state index contributed by atoms with van der Waals surface area (Å²) in [4.78, 5) is 11.0. The molecule has 3 nitrogen and oxygen atoms in total. The largest absolute Gasteiger partial charge is 0.349 e. The summed E-state index contributed by atoms with van der Waals surface area (Å²) in [5, 5.41) is 0. The summed E-state index contributed by atoms with van der Waals surface area (Å²) in [7, 11) is 0. The fourth-order valence-corrected chi connectivity index (χ4v) is 3.80. The van der Waals surface area contributed by atoms with Gasteiger partial charge in [-0.15, -0.1) is 11.8 Å². The van der Waals surface area contributed by atoms with E-state index in [1.807, 2.05) is 24.0 Å². The molecule has 2 aliphatic heterocycles. The number of nitrogens with zero attached hydrogens (tertiary/aromatic N) is 3. The highest BCUT2D eigenvalue weighted by Gasteiger charge is 2.33. The second kappa shape index (κ2) is 4.50. The topological polar surface area (TPSA) is 19.4 Å². The molecule has 1 aromatic rings. The number of thioether (sulfide) groups is 1. The Balaban J connectivity index is 1.83. The fourth-order valence-electron chi connectivity index (χ4n) is 2.67. The van der Waals surface area contributed by atoms with Gasteiger partial charge in [-0.05, 0) is 26.0 Å². The van der Waals surface area contributed by atoms with Crippen LogP contribution in [0.1, 0.15) is 13.8 Å². The number of rotatable bonds is 1. The van der Waals surface area contributed by atoms with Crippen LogP contribution in [0.4, 0.5) is 5.82 Å². The van der Waals surface area contributed by atoms with Crippen molar-refractivity contribution in [3.8, 4) is 0 Å². The maximum atomic E-state index is 4.56. The van der Waals surface area contributed by atoms with E-state index in [-0.39, 0.29) is 0 Å². The Morgan fingerprint density at radius 2 is 2.29 bits per heavy atom. The SMILES string of the molecule is CC(C)N1CCN2c3ncccc3SC[C@H]2C1. The number of aromatic nitrogens is 1. The summed E-state index contributed by atoms with van der Waals surface area (Å²) < 4.78 is 0. The maximum Gasteiger partial charge on any atom is 0.142 e. The Morgan fingerprint density at radius 3 is 3.12 bits per heavy atom. The molecule has 0 N–H and O–H groups in total. The molecule has 17 heavy (non-hydrogen) atoms. The first-order valence-corrected chi connectivity index (χ1v) is 7.33. The highest BCUT2D eigenvalue weighted by molar-refractivity contribution is 7.99. The van der Waals surface area contributed by atoms with Crippen molar-refractivity contribution in [2.75, 3.05) is 30.3 Å². The molecule has 0 radical (unpaired) electrons. The Bertz CT molecular complexity index is 407. The summed E-state index contributed by atoms with van der Waals surface area (Å²) in [6.45, 7) is 8.04. The van der Waals surface area contributed by atoms with Gasteiger partial charge in [-0.2, -0.15) is 0 Å². The normalized spacial score (nSPS) is 24.6. The molecule has 3 heterocycles. The van der Waals surface area contributed by atoms with Crippen LogP contribution in [-0.2, 0) is 0 Å². The fraction of sp³-hybridized carbons (Fsp3) is 0.615. The quantitative estimate of drug-likeness (QED) is 0.758. The van der Waals surface area contributed by atoms with Crippen molar-refractivity contribution in [3.05, 3.63) is 18.3 Å². The number of pyridine rings is 1. The Morgan fingerprint density at radius 1 is 1.41 bits per heavy atom. The van der Waals surface area contributed by atoms with Crippen molar-refractivity contribution >= 4 is 17.6 Å². The zero-order valence-electron chi connectivity index (χ0n) is 10.5. The highest BCUT2D eigenvalue weighted by atomic mass is 32.2. The predicted octanol–water partition coefficient (Wildman–Crippen LogP) is 2.09. The lowest BCUT2D eigenvalue weighted by Crippen LogP contribution is -2.57. The summed E-state index contributed by atoms with van der Waals surface area (Å²) in [5.74, 6) is 2.40. The molecule has 4 heteroatoms. The summed E-state index contributed by atoms with van der Waals surface area (Å²) in [6.07, 6.45) is 1.91. The molecule has 0 amide bonds. The van der Waals surface area contributed by atoms with Crippen molar-refractivity contribution in [3.63, 3.8) is 0 Å². The first kappa shape index (κ1) is 11.4. The average molecular weight is 249 g/mol. The van der Waals surface area contributed by atoms with Crippen LogP contribution >= 0.6 is 11.8 Å². The third-order valence-corrected chi connectivity index (χ3v) is 4.88. The third kappa shape index (κ3) is 2.04. The van der Waals surface area contributed by atoms with Crippen LogP contribution in [0.5, 0.6) is 0 Å². The summed E-state index contributed by atoms with van der Waals surface area (Å²) in [5.41, 5.74) is 0. The highest BCUT2D eigenvalue weighted by Crippen LogP contribution is 2.36. The molecule has 1 saturated heterocycles. The van der Waals surface area contributed by atoms with Crippen LogP contribution in [0.25, 0.3) is 0 Å².